The second kappa shape index (κ2) is 9.80. The van der Waals surface area contributed by atoms with E-state index in [0.29, 0.717) is 35.0 Å². The van der Waals surface area contributed by atoms with Crippen molar-refractivity contribution in [2.24, 2.45) is 7.05 Å². The summed E-state index contributed by atoms with van der Waals surface area (Å²) in [7, 11) is 1.47. The average Bonchev–Trinajstić information content (AvgIpc) is 3.28. The van der Waals surface area contributed by atoms with Crippen LogP contribution in [0.15, 0.2) is 26.4 Å². The fourth-order valence-electron chi connectivity index (χ4n) is 3.79. The number of nitrogens with zero attached hydrogens (tertiary/aromatic N) is 5. The third kappa shape index (κ3) is 4.61. The van der Waals surface area contributed by atoms with Gasteiger partial charge in [0.1, 0.15) is 16.2 Å². The summed E-state index contributed by atoms with van der Waals surface area (Å²) in [5.41, 5.74) is 0.624. The molecule has 0 aliphatic heterocycles. The van der Waals surface area contributed by atoms with Gasteiger partial charge in [0.2, 0.25) is 5.91 Å². The summed E-state index contributed by atoms with van der Waals surface area (Å²) in [5, 5.41) is 0.768. The predicted octanol–water partition coefficient (Wildman–Crippen LogP) is 3.03. The first-order valence-electron chi connectivity index (χ1n) is 10.9. The first kappa shape index (κ1) is 23.2. The van der Waals surface area contributed by atoms with E-state index < -0.39 is 5.56 Å². The molecule has 1 aliphatic rings. The molecule has 168 valence electrons. The van der Waals surface area contributed by atoms with Crippen LogP contribution < -0.4 is 11.2 Å². The van der Waals surface area contributed by atoms with Crippen molar-refractivity contribution in [2.75, 3.05) is 12.3 Å². The van der Waals surface area contributed by atoms with Gasteiger partial charge in [0, 0.05) is 31.8 Å². The van der Waals surface area contributed by atoms with Crippen LogP contribution >= 0.6 is 11.8 Å². The molecule has 0 N–H and O–H groups in total. The van der Waals surface area contributed by atoms with E-state index in [1.807, 2.05) is 32.6 Å². The van der Waals surface area contributed by atoms with Gasteiger partial charge in [-0.25, -0.2) is 14.8 Å². The minimum Gasteiger partial charge on any atom is -0.316 e. The molecule has 2 aromatic rings. The summed E-state index contributed by atoms with van der Waals surface area (Å²) in [4.78, 5) is 49.7. The van der Waals surface area contributed by atoms with Gasteiger partial charge in [0.05, 0.1) is 5.75 Å². The number of hydrogen-bond donors (Lipinski definition) is 0. The molecule has 0 atom stereocenters. The third-order valence-corrected chi connectivity index (χ3v) is 6.40. The molecule has 0 spiro atoms. The van der Waals surface area contributed by atoms with E-state index in [1.165, 1.54) is 23.4 Å². The largest absolute Gasteiger partial charge is 0.332 e. The lowest BCUT2D eigenvalue weighted by atomic mass is 10.2. The second-order valence-corrected chi connectivity index (χ2v) is 9.02. The van der Waals surface area contributed by atoms with Gasteiger partial charge in [-0.2, -0.15) is 0 Å². The zero-order chi connectivity index (χ0) is 22.7. The smallest absolute Gasteiger partial charge is 0.316 e. The van der Waals surface area contributed by atoms with Crippen molar-refractivity contribution in [3.8, 4) is 0 Å². The third-order valence-electron chi connectivity index (χ3n) is 5.44. The first-order valence-corrected chi connectivity index (χ1v) is 11.9. The molecule has 1 aliphatic carbocycles. The molecule has 0 saturated carbocycles. The van der Waals surface area contributed by atoms with Crippen molar-refractivity contribution in [3.63, 3.8) is 0 Å². The summed E-state index contributed by atoms with van der Waals surface area (Å²) < 4.78 is 2.64. The number of allylic oxidation sites excluding steroid dienone is 2. The molecule has 8 nitrogen and oxygen atoms in total. The molecule has 2 aromatic heterocycles. The molecule has 0 aromatic carbocycles. The molecule has 0 radical (unpaired) electrons. The van der Waals surface area contributed by atoms with Crippen molar-refractivity contribution in [1.82, 2.24) is 24.0 Å². The SMILES string of the molecule is CCCn1c(=O)n(C)c(=O)c2c(SCC(=O)N(CC)C3=CCCC3)nc(C(C)C)nc21. The Bertz CT molecular complexity index is 1130. The maximum atomic E-state index is 13.0. The number of thioether (sulfide) groups is 1. The Morgan fingerprint density at radius 2 is 2.00 bits per heavy atom. The summed E-state index contributed by atoms with van der Waals surface area (Å²) in [5.74, 6) is 0.748. The summed E-state index contributed by atoms with van der Waals surface area (Å²) in [6.07, 6.45) is 5.86. The normalized spacial score (nSPS) is 13.8. The van der Waals surface area contributed by atoms with Crippen molar-refractivity contribution in [1.29, 1.82) is 0 Å². The summed E-state index contributed by atoms with van der Waals surface area (Å²) >= 11 is 1.25. The Labute approximate surface area is 186 Å². The monoisotopic (exact) mass is 445 g/mol. The highest BCUT2D eigenvalue weighted by atomic mass is 32.2. The quantitative estimate of drug-likeness (QED) is 0.458. The molecule has 1 amide bonds. The highest BCUT2D eigenvalue weighted by Crippen LogP contribution is 2.27. The van der Waals surface area contributed by atoms with Gasteiger partial charge in [-0.1, -0.05) is 38.6 Å². The molecule has 31 heavy (non-hydrogen) atoms. The van der Waals surface area contributed by atoms with E-state index in [0.717, 1.165) is 35.9 Å². The van der Waals surface area contributed by atoms with Crippen molar-refractivity contribution in [3.05, 3.63) is 38.4 Å². The van der Waals surface area contributed by atoms with Gasteiger partial charge in [-0.05, 0) is 32.6 Å². The maximum Gasteiger partial charge on any atom is 0.332 e. The molecule has 0 bridgehead atoms. The van der Waals surface area contributed by atoms with E-state index >= 15 is 0 Å². The lowest BCUT2D eigenvalue weighted by Crippen LogP contribution is -2.39. The number of hydrogen-bond acceptors (Lipinski definition) is 6. The molecule has 0 saturated heterocycles. The number of aryl methyl sites for hydroxylation is 1. The zero-order valence-corrected chi connectivity index (χ0v) is 19.8. The van der Waals surface area contributed by atoms with Crippen LogP contribution in [0.2, 0.25) is 0 Å². The fraction of sp³-hybridized carbons (Fsp3) is 0.591. The second-order valence-electron chi connectivity index (χ2n) is 8.05. The molecular weight excluding hydrogens is 414 g/mol. The summed E-state index contributed by atoms with van der Waals surface area (Å²) in [6, 6.07) is 0. The first-order chi connectivity index (χ1) is 14.8. The van der Waals surface area contributed by atoms with Gasteiger partial charge >= 0.3 is 5.69 Å². The van der Waals surface area contributed by atoms with Crippen LogP contribution in [0.5, 0.6) is 0 Å². The van der Waals surface area contributed by atoms with Crippen LogP contribution in [0.3, 0.4) is 0 Å². The number of carbonyl (C=O) groups excluding carboxylic acids is 1. The highest BCUT2D eigenvalue weighted by molar-refractivity contribution is 8.00. The molecular formula is C22H31N5O3S. The van der Waals surface area contributed by atoms with Crippen molar-refractivity contribution in [2.45, 2.75) is 70.9 Å². The van der Waals surface area contributed by atoms with Gasteiger partial charge < -0.3 is 4.90 Å². The van der Waals surface area contributed by atoms with Crippen LogP contribution in [-0.2, 0) is 18.4 Å². The van der Waals surface area contributed by atoms with Crippen LogP contribution in [-0.4, -0.2) is 42.2 Å². The molecule has 2 heterocycles. The Balaban J connectivity index is 2.07. The van der Waals surface area contributed by atoms with E-state index in [9.17, 15) is 14.4 Å². The van der Waals surface area contributed by atoms with Crippen LogP contribution in [0.1, 0.15) is 65.1 Å². The summed E-state index contributed by atoms with van der Waals surface area (Å²) in [6.45, 7) is 8.95. The molecule has 0 unspecified atom stereocenters. The number of rotatable bonds is 8. The Kier molecular flexibility index (Phi) is 7.35. The molecule has 0 fully saturated rings. The van der Waals surface area contributed by atoms with E-state index in [-0.39, 0.29) is 23.3 Å². The van der Waals surface area contributed by atoms with Gasteiger partial charge in [0.25, 0.3) is 5.56 Å². The Hall–Kier alpha value is -2.42. The molecule has 3 rings (SSSR count). The van der Waals surface area contributed by atoms with E-state index in [1.54, 1.807) is 0 Å². The van der Waals surface area contributed by atoms with Crippen molar-refractivity contribution >= 4 is 28.7 Å². The number of aromatic nitrogens is 4. The lowest BCUT2D eigenvalue weighted by molar-refractivity contribution is -0.126. The van der Waals surface area contributed by atoms with Gasteiger partial charge in [0.15, 0.2) is 5.65 Å². The Morgan fingerprint density at radius 1 is 1.26 bits per heavy atom. The average molecular weight is 446 g/mol. The van der Waals surface area contributed by atoms with E-state index in [2.05, 4.69) is 16.0 Å². The van der Waals surface area contributed by atoms with Crippen LogP contribution in [0, 0.1) is 0 Å². The fourth-order valence-corrected chi connectivity index (χ4v) is 4.69. The number of carbonyl (C=O) groups is 1. The lowest BCUT2D eigenvalue weighted by Gasteiger charge is -2.22. The number of fused-ring (bicyclic) bond motifs is 1. The van der Waals surface area contributed by atoms with Crippen LogP contribution in [0.25, 0.3) is 11.0 Å². The topological polar surface area (TPSA) is 90.1 Å². The molecule has 9 heteroatoms. The number of amides is 1. The predicted molar refractivity (Wildman–Crippen MR) is 123 cm³/mol. The van der Waals surface area contributed by atoms with E-state index in [4.69, 9.17) is 0 Å². The van der Waals surface area contributed by atoms with Crippen molar-refractivity contribution < 1.29 is 4.79 Å². The maximum absolute atomic E-state index is 13.0. The Morgan fingerprint density at radius 3 is 2.58 bits per heavy atom. The highest BCUT2D eigenvalue weighted by Gasteiger charge is 2.23. The van der Waals surface area contributed by atoms with Gasteiger partial charge in [-0.3, -0.25) is 18.7 Å². The minimum atomic E-state index is -0.427. The van der Waals surface area contributed by atoms with Gasteiger partial charge in [-0.15, -0.1) is 0 Å². The van der Waals surface area contributed by atoms with Crippen LogP contribution in [0.4, 0.5) is 0 Å². The minimum absolute atomic E-state index is 0.00258. The standard InChI is InChI=1S/C22H31N5O3S/c1-6-12-27-19-17(21(29)25(5)22(27)30)20(24-18(23-19)14(3)4)31-13-16(28)26(7-2)15-10-8-9-11-15/h10,14H,6-9,11-13H2,1-5H3. The zero-order valence-electron chi connectivity index (χ0n) is 19.0.